The van der Waals surface area contributed by atoms with Crippen LogP contribution < -0.4 is 0 Å². The fourth-order valence-corrected chi connectivity index (χ4v) is 2.61. The molecule has 0 radical (unpaired) electrons. The molecular formula is C15H19NO3. The largest absolute Gasteiger partial charge is 0.481 e. The number of carbonyl (C=O) groups is 2. The van der Waals surface area contributed by atoms with Crippen molar-refractivity contribution in [2.45, 2.75) is 38.1 Å². The zero-order valence-electron chi connectivity index (χ0n) is 10.9. The van der Waals surface area contributed by atoms with E-state index in [-0.39, 0.29) is 18.4 Å². The lowest BCUT2D eigenvalue weighted by atomic mass is 9.98. The van der Waals surface area contributed by atoms with Gasteiger partial charge in [0.05, 0.1) is 12.8 Å². The molecule has 0 aliphatic carbocycles. The molecule has 1 N–H and O–H groups in total. The van der Waals surface area contributed by atoms with Crippen LogP contribution in [0.4, 0.5) is 0 Å². The van der Waals surface area contributed by atoms with E-state index in [1.165, 1.54) is 0 Å². The Morgan fingerprint density at radius 2 is 1.95 bits per heavy atom. The molecule has 0 bridgehead atoms. The van der Waals surface area contributed by atoms with Gasteiger partial charge in [-0.2, -0.15) is 0 Å². The summed E-state index contributed by atoms with van der Waals surface area (Å²) in [6, 6.07) is 9.45. The Balaban J connectivity index is 2.01. The molecule has 102 valence electrons. The summed E-state index contributed by atoms with van der Waals surface area (Å²) in [5, 5.41) is 8.92. The van der Waals surface area contributed by atoms with Crippen molar-refractivity contribution in [3.63, 3.8) is 0 Å². The van der Waals surface area contributed by atoms with Gasteiger partial charge >= 0.3 is 5.97 Å². The van der Waals surface area contributed by atoms with Crippen LogP contribution in [0.3, 0.4) is 0 Å². The van der Waals surface area contributed by atoms with Crippen molar-refractivity contribution in [1.29, 1.82) is 0 Å². The second-order valence-electron chi connectivity index (χ2n) is 5.00. The van der Waals surface area contributed by atoms with Crippen LogP contribution in [0, 0.1) is 0 Å². The highest BCUT2D eigenvalue weighted by molar-refractivity contribution is 5.80. The van der Waals surface area contributed by atoms with Gasteiger partial charge in [0, 0.05) is 12.6 Å². The third kappa shape index (κ3) is 3.81. The second-order valence-corrected chi connectivity index (χ2v) is 5.00. The Kier molecular flexibility index (Phi) is 4.55. The lowest BCUT2D eigenvalue weighted by molar-refractivity contribution is -0.141. The first-order valence-corrected chi connectivity index (χ1v) is 6.72. The van der Waals surface area contributed by atoms with Gasteiger partial charge in [0.15, 0.2) is 0 Å². The van der Waals surface area contributed by atoms with Gasteiger partial charge in [0.2, 0.25) is 5.91 Å². The molecule has 1 aromatic rings. The van der Waals surface area contributed by atoms with Crippen molar-refractivity contribution in [1.82, 2.24) is 4.90 Å². The Hall–Kier alpha value is -1.84. The van der Waals surface area contributed by atoms with Gasteiger partial charge in [-0.3, -0.25) is 9.59 Å². The zero-order chi connectivity index (χ0) is 13.7. The summed E-state index contributed by atoms with van der Waals surface area (Å²) in [6.07, 6.45) is 3.19. The highest BCUT2D eigenvalue weighted by atomic mass is 16.4. The number of benzene rings is 1. The third-order valence-electron chi connectivity index (χ3n) is 3.56. The first-order chi connectivity index (χ1) is 9.16. The van der Waals surface area contributed by atoms with Gasteiger partial charge in [-0.05, 0) is 24.8 Å². The van der Waals surface area contributed by atoms with Gasteiger partial charge in [-0.1, -0.05) is 30.3 Å². The second kappa shape index (κ2) is 6.36. The average molecular weight is 261 g/mol. The molecule has 1 amide bonds. The predicted octanol–water partition coefficient (Wildman–Crippen LogP) is 2.08. The average Bonchev–Trinajstić information content (AvgIpc) is 2.39. The van der Waals surface area contributed by atoms with Gasteiger partial charge < -0.3 is 10.0 Å². The Morgan fingerprint density at radius 3 is 2.63 bits per heavy atom. The Labute approximate surface area is 113 Å². The van der Waals surface area contributed by atoms with Crippen LogP contribution in [0.25, 0.3) is 0 Å². The number of carbonyl (C=O) groups excluding carboxylic acids is 1. The molecule has 1 unspecified atom stereocenters. The molecule has 1 fully saturated rings. The van der Waals surface area contributed by atoms with E-state index in [0.29, 0.717) is 13.0 Å². The Morgan fingerprint density at radius 1 is 1.21 bits per heavy atom. The van der Waals surface area contributed by atoms with E-state index >= 15 is 0 Å². The monoisotopic (exact) mass is 261 g/mol. The smallest absolute Gasteiger partial charge is 0.305 e. The summed E-state index contributed by atoms with van der Waals surface area (Å²) in [5.41, 5.74) is 0.979. The number of likely N-dealkylation sites (tertiary alicyclic amines) is 1. The molecule has 1 aliphatic rings. The minimum absolute atomic E-state index is 0.0390. The molecule has 1 atom stereocenters. The van der Waals surface area contributed by atoms with E-state index in [1.807, 2.05) is 30.3 Å². The van der Waals surface area contributed by atoms with Gasteiger partial charge in [-0.25, -0.2) is 0 Å². The van der Waals surface area contributed by atoms with Crippen molar-refractivity contribution < 1.29 is 14.7 Å². The van der Waals surface area contributed by atoms with Crippen LogP contribution >= 0.6 is 0 Å². The summed E-state index contributed by atoms with van der Waals surface area (Å²) in [4.78, 5) is 24.9. The van der Waals surface area contributed by atoms with Crippen molar-refractivity contribution >= 4 is 11.9 Å². The molecule has 2 rings (SSSR count). The normalized spacial score (nSPS) is 19.2. The van der Waals surface area contributed by atoms with Crippen LogP contribution in [0.2, 0.25) is 0 Å². The lowest BCUT2D eigenvalue weighted by Crippen LogP contribution is -2.45. The van der Waals surface area contributed by atoms with Crippen LogP contribution in [-0.4, -0.2) is 34.5 Å². The first kappa shape index (κ1) is 13.6. The maximum atomic E-state index is 12.3. The van der Waals surface area contributed by atoms with Crippen molar-refractivity contribution in [3.8, 4) is 0 Å². The molecule has 0 spiro atoms. The molecule has 19 heavy (non-hydrogen) atoms. The molecule has 0 aromatic heterocycles. The molecule has 1 aliphatic heterocycles. The van der Waals surface area contributed by atoms with E-state index in [4.69, 9.17) is 5.11 Å². The van der Waals surface area contributed by atoms with E-state index in [1.54, 1.807) is 4.90 Å². The summed E-state index contributed by atoms with van der Waals surface area (Å²) in [7, 11) is 0. The zero-order valence-corrected chi connectivity index (χ0v) is 10.9. The number of hydrogen-bond acceptors (Lipinski definition) is 2. The summed E-state index contributed by atoms with van der Waals surface area (Å²) >= 11 is 0. The minimum Gasteiger partial charge on any atom is -0.481 e. The number of carboxylic acid groups (broad SMARTS) is 1. The molecule has 4 heteroatoms. The van der Waals surface area contributed by atoms with E-state index in [9.17, 15) is 9.59 Å². The fourth-order valence-electron chi connectivity index (χ4n) is 2.61. The number of aliphatic carboxylic acids is 1. The first-order valence-electron chi connectivity index (χ1n) is 6.72. The topological polar surface area (TPSA) is 57.6 Å². The third-order valence-corrected chi connectivity index (χ3v) is 3.56. The van der Waals surface area contributed by atoms with Gasteiger partial charge in [0.25, 0.3) is 0 Å². The van der Waals surface area contributed by atoms with Crippen LogP contribution in [0.5, 0.6) is 0 Å². The molecule has 0 saturated carbocycles. The minimum atomic E-state index is -0.829. The molecule has 1 aromatic carbocycles. The summed E-state index contributed by atoms with van der Waals surface area (Å²) in [6.45, 7) is 0.684. The lowest BCUT2D eigenvalue weighted by Gasteiger charge is -2.35. The number of hydrogen-bond donors (Lipinski definition) is 1. The van der Waals surface area contributed by atoms with Crippen LogP contribution in [-0.2, 0) is 16.0 Å². The summed E-state index contributed by atoms with van der Waals surface area (Å²) < 4.78 is 0. The number of carboxylic acids is 1. The maximum Gasteiger partial charge on any atom is 0.305 e. The van der Waals surface area contributed by atoms with Gasteiger partial charge in [0.1, 0.15) is 0 Å². The number of piperidine rings is 1. The summed E-state index contributed by atoms with van der Waals surface area (Å²) in [5.74, 6) is -0.790. The quantitative estimate of drug-likeness (QED) is 0.902. The van der Waals surface area contributed by atoms with Crippen molar-refractivity contribution in [2.75, 3.05) is 6.54 Å². The molecule has 4 nitrogen and oxygen atoms in total. The van der Waals surface area contributed by atoms with Crippen LogP contribution in [0.15, 0.2) is 30.3 Å². The number of amides is 1. The van der Waals surface area contributed by atoms with Crippen molar-refractivity contribution in [2.24, 2.45) is 0 Å². The van der Waals surface area contributed by atoms with Gasteiger partial charge in [-0.15, -0.1) is 0 Å². The van der Waals surface area contributed by atoms with Crippen LogP contribution in [0.1, 0.15) is 31.2 Å². The van der Waals surface area contributed by atoms with E-state index in [2.05, 4.69) is 0 Å². The highest BCUT2D eigenvalue weighted by Gasteiger charge is 2.28. The van der Waals surface area contributed by atoms with Crippen molar-refractivity contribution in [3.05, 3.63) is 35.9 Å². The highest BCUT2D eigenvalue weighted by Crippen LogP contribution is 2.20. The molecule has 1 saturated heterocycles. The maximum absolute atomic E-state index is 12.3. The fraction of sp³-hybridized carbons (Fsp3) is 0.467. The predicted molar refractivity (Wildman–Crippen MR) is 71.8 cm³/mol. The van der Waals surface area contributed by atoms with E-state index in [0.717, 1.165) is 24.8 Å². The van der Waals surface area contributed by atoms with E-state index < -0.39 is 5.97 Å². The number of nitrogens with zero attached hydrogens (tertiary/aromatic N) is 1. The number of rotatable bonds is 4. The standard InChI is InChI=1S/C15H19NO3/c17-14(10-12-6-2-1-3-7-12)16-9-5-4-8-13(16)11-15(18)19/h1-3,6-7,13H,4-5,8-11H2,(H,18,19). The SMILES string of the molecule is O=C(O)CC1CCCCN1C(=O)Cc1ccccc1. The molecular weight excluding hydrogens is 242 g/mol. The Bertz CT molecular complexity index is 444. The molecule has 1 heterocycles.